The van der Waals surface area contributed by atoms with Gasteiger partial charge < -0.3 is 15.4 Å². The van der Waals surface area contributed by atoms with E-state index in [9.17, 15) is 0 Å². The fraction of sp³-hybridized carbons (Fsp3) is 0.538. The highest BCUT2D eigenvalue weighted by molar-refractivity contribution is 7.80. The van der Waals surface area contributed by atoms with Crippen molar-refractivity contribution in [3.8, 4) is 0 Å². The highest BCUT2D eigenvalue weighted by atomic mass is 32.1. The van der Waals surface area contributed by atoms with Gasteiger partial charge in [-0.25, -0.2) is 0 Å². The summed E-state index contributed by atoms with van der Waals surface area (Å²) in [4.78, 5) is 4.00. The van der Waals surface area contributed by atoms with Crippen LogP contribution < -0.4 is 10.6 Å². The molecule has 1 aromatic heterocycles. The van der Waals surface area contributed by atoms with E-state index in [0.29, 0.717) is 11.2 Å². The molecule has 0 aliphatic carbocycles. The molecule has 0 amide bonds. The van der Waals surface area contributed by atoms with Crippen molar-refractivity contribution < 1.29 is 4.74 Å². The standard InChI is InChI=1S/C13H19N3OS/c1-10(11-4-6-14-7-5-11)16-13(18)15-9-12-3-2-8-17-12/h4-7,10,12H,2-3,8-9H2,1H3,(H2,15,16,18)/t10-,12+/m1/s1. The summed E-state index contributed by atoms with van der Waals surface area (Å²) in [6, 6.07) is 4.15. The Morgan fingerprint density at radius 1 is 1.56 bits per heavy atom. The van der Waals surface area contributed by atoms with E-state index in [4.69, 9.17) is 17.0 Å². The Labute approximate surface area is 113 Å². The minimum atomic E-state index is 0.178. The molecule has 0 bridgehead atoms. The van der Waals surface area contributed by atoms with Crippen LogP contribution in [0.5, 0.6) is 0 Å². The summed E-state index contributed by atoms with van der Waals surface area (Å²) < 4.78 is 5.53. The molecule has 1 fully saturated rings. The van der Waals surface area contributed by atoms with Crippen LogP contribution in [0.15, 0.2) is 24.5 Å². The molecule has 98 valence electrons. The molecule has 18 heavy (non-hydrogen) atoms. The lowest BCUT2D eigenvalue weighted by Crippen LogP contribution is -2.40. The molecule has 1 aromatic rings. The average Bonchev–Trinajstić information content (AvgIpc) is 2.90. The van der Waals surface area contributed by atoms with Crippen LogP contribution in [0, 0.1) is 0 Å². The molecule has 1 saturated heterocycles. The highest BCUT2D eigenvalue weighted by Crippen LogP contribution is 2.11. The summed E-state index contributed by atoms with van der Waals surface area (Å²) in [5.74, 6) is 0. The Morgan fingerprint density at radius 3 is 3.00 bits per heavy atom. The van der Waals surface area contributed by atoms with Crippen LogP contribution in [0.3, 0.4) is 0 Å². The zero-order chi connectivity index (χ0) is 12.8. The third-order valence-electron chi connectivity index (χ3n) is 3.07. The molecule has 2 atom stereocenters. The summed E-state index contributed by atoms with van der Waals surface area (Å²) in [6.07, 6.45) is 6.16. The van der Waals surface area contributed by atoms with Crippen LogP contribution in [-0.4, -0.2) is 29.4 Å². The molecule has 4 nitrogen and oxygen atoms in total. The maximum absolute atomic E-state index is 5.53. The van der Waals surface area contributed by atoms with Gasteiger partial charge in [-0.3, -0.25) is 4.98 Å². The number of rotatable bonds is 4. The van der Waals surface area contributed by atoms with Crippen molar-refractivity contribution in [3.05, 3.63) is 30.1 Å². The lowest BCUT2D eigenvalue weighted by molar-refractivity contribution is 0.114. The zero-order valence-electron chi connectivity index (χ0n) is 10.6. The molecule has 1 aliphatic rings. The van der Waals surface area contributed by atoms with E-state index in [-0.39, 0.29) is 6.04 Å². The molecule has 0 spiro atoms. The first kappa shape index (κ1) is 13.2. The number of nitrogens with zero attached hydrogens (tertiary/aromatic N) is 1. The van der Waals surface area contributed by atoms with E-state index < -0.39 is 0 Å². The van der Waals surface area contributed by atoms with Crippen molar-refractivity contribution in [1.29, 1.82) is 0 Å². The fourth-order valence-electron chi connectivity index (χ4n) is 1.99. The maximum atomic E-state index is 5.53. The number of hydrogen-bond acceptors (Lipinski definition) is 3. The maximum Gasteiger partial charge on any atom is 0.166 e. The number of ether oxygens (including phenoxy) is 1. The third kappa shape index (κ3) is 3.92. The molecule has 2 rings (SSSR count). The van der Waals surface area contributed by atoms with Gasteiger partial charge >= 0.3 is 0 Å². The Bertz CT molecular complexity index is 379. The van der Waals surface area contributed by atoms with E-state index in [0.717, 1.165) is 26.0 Å². The summed E-state index contributed by atoms with van der Waals surface area (Å²) in [5, 5.41) is 7.14. The average molecular weight is 265 g/mol. The van der Waals surface area contributed by atoms with Gasteiger partial charge in [-0.2, -0.15) is 0 Å². The van der Waals surface area contributed by atoms with Crippen molar-refractivity contribution in [2.75, 3.05) is 13.2 Å². The van der Waals surface area contributed by atoms with E-state index in [1.54, 1.807) is 12.4 Å². The SMILES string of the molecule is C[C@@H](NC(=S)NC[C@@H]1CCCO1)c1ccncc1. The van der Waals surface area contributed by atoms with Crippen molar-refractivity contribution in [3.63, 3.8) is 0 Å². The number of pyridine rings is 1. The first-order valence-corrected chi connectivity index (χ1v) is 6.72. The van der Waals surface area contributed by atoms with Crippen molar-refractivity contribution in [1.82, 2.24) is 15.6 Å². The van der Waals surface area contributed by atoms with Gasteiger partial charge in [0, 0.05) is 25.5 Å². The van der Waals surface area contributed by atoms with Crippen LogP contribution in [0.25, 0.3) is 0 Å². The van der Waals surface area contributed by atoms with Crippen molar-refractivity contribution in [2.24, 2.45) is 0 Å². The predicted octanol–water partition coefficient (Wildman–Crippen LogP) is 1.79. The molecule has 0 unspecified atom stereocenters. The molecule has 0 aromatic carbocycles. The monoisotopic (exact) mass is 265 g/mol. The summed E-state index contributed by atoms with van der Waals surface area (Å²) in [5.41, 5.74) is 1.17. The lowest BCUT2D eigenvalue weighted by atomic mass is 10.1. The minimum Gasteiger partial charge on any atom is -0.376 e. The first-order valence-electron chi connectivity index (χ1n) is 6.31. The van der Waals surface area contributed by atoms with Gasteiger partial charge in [0.2, 0.25) is 0 Å². The Morgan fingerprint density at radius 2 is 2.33 bits per heavy atom. The van der Waals surface area contributed by atoms with Gasteiger partial charge in [-0.15, -0.1) is 0 Å². The van der Waals surface area contributed by atoms with E-state index in [2.05, 4.69) is 22.5 Å². The van der Waals surface area contributed by atoms with Crippen LogP contribution in [0.2, 0.25) is 0 Å². The quantitative estimate of drug-likeness (QED) is 0.813. The summed E-state index contributed by atoms with van der Waals surface area (Å²) in [7, 11) is 0. The molecule has 1 aliphatic heterocycles. The number of nitrogens with one attached hydrogen (secondary N) is 2. The molecule has 5 heteroatoms. The predicted molar refractivity (Wildman–Crippen MR) is 75.4 cm³/mol. The second-order valence-electron chi connectivity index (χ2n) is 4.49. The van der Waals surface area contributed by atoms with E-state index >= 15 is 0 Å². The smallest absolute Gasteiger partial charge is 0.166 e. The van der Waals surface area contributed by atoms with Crippen molar-refractivity contribution in [2.45, 2.75) is 31.9 Å². The Balaban J connectivity index is 1.73. The second-order valence-corrected chi connectivity index (χ2v) is 4.90. The molecule has 2 N–H and O–H groups in total. The van der Waals surface area contributed by atoms with Gasteiger partial charge in [0.15, 0.2) is 5.11 Å². The normalized spacial score (nSPS) is 20.4. The summed E-state index contributed by atoms with van der Waals surface area (Å²) >= 11 is 5.27. The zero-order valence-corrected chi connectivity index (χ0v) is 11.4. The lowest BCUT2D eigenvalue weighted by Gasteiger charge is -2.18. The van der Waals surface area contributed by atoms with Gasteiger partial charge in [-0.1, -0.05) is 0 Å². The molecule has 2 heterocycles. The minimum absolute atomic E-state index is 0.178. The molecular weight excluding hydrogens is 246 g/mol. The number of hydrogen-bond donors (Lipinski definition) is 2. The topological polar surface area (TPSA) is 46.2 Å². The molecule has 0 radical (unpaired) electrons. The van der Waals surface area contributed by atoms with Gasteiger partial charge in [0.1, 0.15) is 0 Å². The van der Waals surface area contributed by atoms with Gasteiger partial charge in [0.25, 0.3) is 0 Å². The molecule has 0 saturated carbocycles. The van der Waals surface area contributed by atoms with Crippen LogP contribution in [0.4, 0.5) is 0 Å². The largest absolute Gasteiger partial charge is 0.376 e. The second kappa shape index (κ2) is 6.66. The van der Waals surface area contributed by atoms with E-state index in [1.165, 1.54) is 5.56 Å². The van der Waals surface area contributed by atoms with E-state index in [1.807, 2.05) is 12.1 Å². The van der Waals surface area contributed by atoms with Gasteiger partial charge in [-0.05, 0) is 49.7 Å². The highest BCUT2D eigenvalue weighted by Gasteiger charge is 2.15. The van der Waals surface area contributed by atoms with Gasteiger partial charge in [0.05, 0.1) is 12.1 Å². The van der Waals surface area contributed by atoms with Crippen molar-refractivity contribution >= 4 is 17.3 Å². The Hall–Kier alpha value is -1.20. The van der Waals surface area contributed by atoms with Crippen LogP contribution in [0.1, 0.15) is 31.4 Å². The third-order valence-corrected chi connectivity index (χ3v) is 3.33. The first-order chi connectivity index (χ1) is 8.75. The Kier molecular flexibility index (Phi) is 4.90. The van der Waals surface area contributed by atoms with Crippen LogP contribution in [-0.2, 0) is 4.74 Å². The van der Waals surface area contributed by atoms with Crippen LogP contribution >= 0.6 is 12.2 Å². The number of thiocarbonyl (C=S) groups is 1. The summed E-state index contributed by atoms with van der Waals surface area (Å²) in [6.45, 7) is 3.74. The molecular formula is C13H19N3OS. The fourth-order valence-corrected chi connectivity index (χ4v) is 2.26. The number of aromatic nitrogens is 1.